The summed E-state index contributed by atoms with van der Waals surface area (Å²) in [5.74, 6) is 0.136. The molecule has 0 saturated carbocycles. The number of rotatable bonds is 12. The van der Waals surface area contributed by atoms with Crippen molar-refractivity contribution in [2.45, 2.75) is 31.2 Å². The van der Waals surface area contributed by atoms with Gasteiger partial charge in [-0.3, -0.25) is 4.79 Å². The molecular formula is C25H27N5O5S2. The van der Waals surface area contributed by atoms with Gasteiger partial charge >= 0.3 is 0 Å². The maximum absolute atomic E-state index is 13.0. The minimum absolute atomic E-state index is 0.00333. The average molecular weight is 542 g/mol. The second-order valence-corrected chi connectivity index (χ2v) is 10.6. The number of carbonyl (C=O) groups excluding carboxylic acids is 1. The number of hydrogen-bond acceptors (Lipinski definition) is 8. The van der Waals surface area contributed by atoms with E-state index in [4.69, 9.17) is 20.0 Å². The first-order chi connectivity index (χ1) is 17.9. The minimum atomic E-state index is -3.93. The SMILES string of the molecule is CCOCCn1c(=NC(=O)c2ccc(S(=O)(=O)N(CCC#N)CCC#N)cc2)sc2cccc(OC)c21. The number of methoxy groups -OCH3 is 1. The molecule has 0 radical (unpaired) electrons. The summed E-state index contributed by atoms with van der Waals surface area (Å²) in [4.78, 5) is 17.8. The molecule has 194 valence electrons. The van der Waals surface area contributed by atoms with Crippen LogP contribution in [-0.2, 0) is 21.3 Å². The lowest BCUT2D eigenvalue weighted by atomic mass is 10.2. The molecule has 37 heavy (non-hydrogen) atoms. The highest BCUT2D eigenvalue weighted by molar-refractivity contribution is 7.89. The molecular weight excluding hydrogens is 514 g/mol. The van der Waals surface area contributed by atoms with Crippen LogP contribution >= 0.6 is 11.3 Å². The van der Waals surface area contributed by atoms with E-state index in [-0.39, 0.29) is 36.4 Å². The molecule has 10 nitrogen and oxygen atoms in total. The third-order valence-corrected chi connectivity index (χ3v) is 8.39. The lowest BCUT2D eigenvalue weighted by Gasteiger charge is -2.20. The van der Waals surface area contributed by atoms with Crippen LogP contribution in [0.1, 0.15) is 30.1 Å². The topological polar surface area (TPSA) is 138 Å². The van der Waals surface area contributed by atoms with Gasteiger partial charge in [0.25, 0.3) is 5.91 Å². The molecule has 0 saturated heterocycles. The average Bonchev–Trinajstić information content (AvgIpc) is 3.25. The number of para-hydroxylation sites is 1. The van der Waals surface area contributed by atoms with Crippen LogP contribution < -0.4 is 9.54 Å². The number of carbonyl (C=O) groups is 1. The predicted octanol–water partition coefficient (Wildman–Crippen LogP) is 3.31. The molecule has 0 aliphatic rings. The molecule has 1 heterocycles. The Morgan fingerprint density at radius 2 is 1.78 bits per heavy atom. The van der Waals surface area contributed by atoms with Crippen molar-refractivity contribution in [1.82, 2.24) is 8.87 Å². The zero-order chi connectivity index (χ0) is 26.8. The fourth-order valence-corrected chi connectivity index (χ4v) is 6.14. The van der Waals surface area contributed by atoms with E-state index in [0.717, 1.165) is 14.5 Å². The van der Waals surface area contributed by atoms with E-state index in [1.54, 1.807) is 7.11 Å². The Morgan fingerprint density at radius 3 is 2.38 bits per heavy atom. The summed E-state index contributed by atoms with van der Waals surface area (Å²) in [5.41, 5.74) is 1.04. The molecule has 0 aliphatic carbocycles. The Balaban J connectivity index is 1.95. The van der Waals surface area contributed by atoms with Crippen molar-refractivity contribution in [3.63, 3.8) is 0 Å². The molecule has 12 heteroatoms. The Morgan fingerprint density at radius 1 is 1.11 bits per heavy atom. The quantitative estimate of drug-likeness (QED) is 0.321. The minimum Gasteiger partial charge on any atom is -0.495 e. The first-order valence-corrected chi connectivity index (χ1v) is 13.8. The molecule has 3 rings (SSSR count). The molecule has 0 N–H and O–H groups in total. The molecule has 0 unspecified atom stereocenters. The molecule has 2 aromatic carbocycles. The Labute approximate surface area is 219 Å². The van der Waals surface area contributed by atoms with Crippen LogP contribution in [0.2, 0.25) is 0 Å². The van der Waals surface area contributed by atoms with E-state index in [9.17, 15) is 13.2 Å². The van der Waals surface area contributed by atoms with E-state index in [0.29, 0.717) is 30.3 Å². The van der Waals surface area contributed by atoms with Gasteiger partial charge in [0.1, 0.15) is 11.3 Å². The number of fused-ring (bicyclic) bond motifs is 1. The van der Waals surface area contributed by atoms with E-state index in [1.165, 1.54) is 35.6 Å². The van der Waals surface area contributed by atoms with Crippen molar-refractivity contribution >= 4 is 37.5 Å². The van der Waals surface area contributed by atoms with Crippen LogP contribution in [0, 0.1) is 22.7 Å². The summed E-state index contributed by atoms with van der Waals surface area (Å²) in [5, 5.41) is 17.7. The number of benzene rings is 2. The van der Waals surface area contributed by atoms with Gasteiger partial charge in [0.05, 0.1) is 35.5 Å². The van der Waals surface area contributed by atoms with Crippen molar-refractivity contribution in [2.24, 2.45) is 4.99 Å². The Bertz CT molecular complexity index is 1480. The number of nitrogens with zero attached hydrogens (tertiary/aromatic N) is 5. The zero-order valence-electron chi connectivity index (χ0n) is 20.6. The zero-order valence-corrected chi connectivity index (χ0v) is 22.2. The fraction of sp³-hybridized carbons (Fsp3) is 0.360. The van der Waals surface area contributed by atoms with E-state index in [1.807, 2.05) is 41.8 Å². The molecule has 0 fully saturated rings. The highest BCUT2D eigenvalue weighted by Crippen LogP contribution is 2.27. The summed E-state index contributed by atoms with van der Waals surface area (Å²) in [6.45, 7) is 3.33. The molecule has 0 atom stereocenters. The summed E-state index contributed by atoms with van der Waals surface area (Å²) in [6, 6.07) is 15.0. The smallest absolute Gasteiger partial charge is 0.279 e. The predicted molar refractivity (Wildman–Crippen MR) is 138 cm³/mol. The standard InChI is InChI=1S/C25H27N5O5S2/c1-3-35-18-17-30-23-21(34-2)7-4-8-22(23)36-25(30)28-24(31)19-9-11-20(12-10-19)37(32,33)29(15-5-13-26)16-6-14-27/h4,7-12H,3,5-6,15-18H2,1-2H3. The monoisotopic (exact) mass is 541 g/mol. The van der Waals surface area contributed by atoms with Gasteiger partial charge in [-0.15, -0.1) is 0 Å². The largest absolute Gasteiger partial charge is 0.495 e. The number of ether oxygens (including phenoxy) is 2. The molecule has 0 bridgehead atoms. The van der Waals surface area contributed by atoms with Crippen molar-refractivity contribution < 1.29 is 22.7 Å². The highest BCUT2D eigenvalue weighted by Gasteiger charge is 2.24. The number of hydrogen-bond donors (Lipinski definition) is 0. The number of aromatic nitrogens is 1. The van der Waals surface area contributed by atoms with Crippen molar-refractivity contribution in [1.29, 1.82) is 10.5 Å². The van der Waals surface area contributed by atoms with Gasteiger partial charge in [-0.2, -0.15) is 19.8 Å². The van der Waals surface area contributed by atoms with Crippen LogP contribution in [0.25, 0.3) is 10.2 Å². The third kappa shape index (κ3) is 6.61. The van der Waals surface area contributed by atoms with E-state index in [2.05, 4.69) is 4.99 Å². The van der Waals surface area contributed by atoms with Crippen LogP contribution in [-0.4, -0.2) is 56.6 Å². The van der Waals surface area contributed by atoms with Crippen LogP contribution in [0.4, 0.5) is 0 Å². The molecule has 0 spiro atoms. The van der Waals surface area contributed by atoms with Gasteiger partial charge in [-0.1, -0.05) is 17.4 Å². The van der Waals surface area contributed by atoms with E-state index < -0.39 is 15.9 Å². The van der Waals surface area contributed by atoms with Crippen LogP contribution in [0.3, 0.4) is 0 Å². The Hall–Kier alpha value is -3.55. The summed E-state index contributed by atoms with van der Waals surface area (Å²) in [6.07, 6.45) is 0.00666. The highest BCUT2D eigenvalue weighted by atomic mass is 32.2. The first-order valence-electron chi connectivity index (χ1n) is 11.5. The molecule has 0 aliphatic heterocycles. The lowest BCUT2D eigenvalue weighted by molar-refractivity contribution is 0.0996. The second-order valence-electron chi connectivity index (χ2n) is 7.70. The third-order valence-electron chi connectivity index (χ3n) is 5.43. The van der Waals surface area contributed by atoms with Crippen LogP contribution in [0.15, 0.2) is 52.4 Å². The fourth-order valence-electron chi connectivity index (χ4n) is 3.63. The molecule has 3 aromatic rings. The van der Waals surface area contributed by atoms with Gasteiger partial charge < -0.3 is 14.0 Å². The number of amides is 1. The van der Waals surface area contributed by atoms with Gasteiger partial charge in [-0.25, -0.2) is 8.42 Å². The molecule has 1 amide bonds. The Kier molecular flexibility index (Phi) is 9.94. The number of sulfonamides is 1. The van der Waals surface area contributed by atoms with Crippen molar-refractivity contribution in [2.75, 3.05) is 33.4 Å². The summed E-state index contributed by atoms with van der Waals surface area (Å²) < 4.78 is 40.9. The van der Waals surface area contributed by atoms with Crippen LogP contribution in [0.5, 0.6) is 5.75 Å². The maximum Gasteiger partial charge on any atom is 0.279 e. The normalized spacial score (nSPS) is 12.0. The maximum atomic E-state index is 13.0. The van der Waals surface area contributed by atoms with Gasteiger partial charge in [0, 0.05) is 44.6 Å². The van der Waals surface area contributed by atoms with Crippen molar-refractivity contribution in [3.05, 3.63) is 52.8 Å². The first kappa shape index (κ1) is 28.0. The second kappa shape index (κ2) is 13.1. The molecule has 1 aromatic heterocycles. The van der Waals surface area contributed by atoms with Gasteiger partial charge in [-0.05, 0) is 43.3 Å². The van der Waals surface area contributed by atoms with Crippen molar-refractivity contribution in [3.8, 4) is 17.9 Å². The number of thiazole rings is 1. The van der Waals surface area contributed by atoms with Gasteiger partial charge in [0.15, 0.2) is 4.80 Å². The number of nitriles is 2. The summed E-state index contributed by atoms with van der Waals surface area (Å²) >= 11 is 1.35. The summed E-state index contributed by atoms with van der Waals surface area (Å²) in [7, 11) is -2.35. The van der Waals surface area contributed by atoms with E-state index >= 15 is 0 Å². The van der Waals surface area contributed by atoms with Gasteiger partial charge in [0.2, 0.25) is 10.0 Å². The lowest BCUT2D eigenvalue weighted by Crippen LogP contribution is -2.32.